The van der Waals surface area contributed by atoms with Gasteiger partial charge in [-0.1, -0.05) is 19.1 Å². The fraction of sp³-hybridized carbons (Fsp3) is 0.333. The zero-order valence-corrected chi connectivity index (χ0v) is 12.1. The number of phenolic OH excluding ortho intramolecular Hbond substituents is 1. The predicted molar refractivity (Wildman–Crippen MR) is 84.1 cm³/mol. The van der Waals surface area contributed by atoms with E-state index in [1.54, 1.807) is 18.2 Å². The SMILES string of the molecule is CCCc1nc(NN)cc(NCCc2ccc(O)cc2)n1. The molecule has 1 aromatic heterocycles. The first kappa shape index (κ1) is 15.1. The average molecular weight is 287 g/mol. The molecule has 5 N–H and O–H groups in total. The third kappa shape index (κ3) is 4.61. The average Bonchev–Trinajstić information content (AvgIpc) is 2.49. The largest absolute Gasteiger partial charge is 0.508 e. The molecule has 0 aliphatic heterocycles. The normalized spacial score (nSPS) is 10.4. The van der Waals surface area contributed by atoms with Gasteiger partial charge in [-0.15, -0.1) is 0 Å². The number of nitrogens with one attached hydrogen (secondary N) is 2. The predicted octanol–water partition coefficient (Wildman–Crippen LogP) is 2.07. The fourth-order valence-electron chi connectivity index (χ4n) is 1.99. The minimum absolute atomic E-state index is 0.283. The number of benzene rings is 1. The lowest BCUT2D eigenvalue weighted by Gasteiger charge is -2.09. The zero-order valence-electron chi connectivity index (χ0n) is 12.1. The first-order valence-electron chi connectivity index (χ1n) is 7.07. The third-order valence-corrected chi connectivity index (χ3v) is 3.05. The van der Waals surface area contributed by atoms with Crippen molar-refractivity contribution in [1.82, 2.24) is 9.97 Å². The van der Waals surface area contributed by atoms with Crippen LogP contribution in [0.1, 0.15) is 24.7 Å². The van der Waals surface area contributed by atoms with Crippen molar-refractivity contribution in [2.45, 2.75) is 26.2 Å². The number of anilines is 2. The van der Waals surface area contributed by atoms with E-state index in [4.69, 9.17) is 5.84 Å². The maximum atomic E-state index is 9.25. The van der Waals surface area contributed by atoms with Crippen LogP contribution in [0.4, 0.5) is 11.6 Å². The molecule has 0 radical (unpaired) electrons. The van der Waals surface area contributed by atoms with Crippen molar-refractivity contribution in [3.8, 4) is 5.75 Å². The summed E-state index contributed by atoms with van der Waals surface area (Å²) >= 11 is 0. The van der Waals surface area contributed by atoms with Gasteiger partial charge in [0, 0.05) is 19.0 Å². The number of nitrogen functional groups attached to an aromatic ring is 1. The van der Waals surface area contributed by atoms with E-state index in [2.05, 4.69) is 27.6 Å². The minimum Gasteiger partial charge on any atom is -0.508 e. The highest BCUT2D eigenvalue weighted by Crippen LogP contribution is 2.13. The molecular formula is C15H21N5O. The molecule has 1 aromatic carbocycles. The molecule has 0 atom stereocenters. The van der Waals surface area contributed by atoms with Gasteiger partial charge in [-0.05, 0) is 30.5 Å². The van der Waals surface area contributed by atoms with Gasteiger partial charge in [0.05, 0.1) is 0 Å². The molecule has 1 heterocycles. The molecular weight excluding hydrogens is 266 g/mol. The summed E-state index contributed by atoms with van der Waals surface area (Å²) in [4.78, 5) is 8.76. The molecule has 0 aliphatic rings. The summed E-state index contributed by atoms with van der Waals surface area (Å²) in [6.45, 7) is 2.83. The quantitative estimate of drug-likeness (QED) is 0.460. The smallest absolute Gasteiger partial charge is 0.145 e. The van der Waals surface area contributed by atoms with Crippen LogP contribution in [0.25, 0.3) is 0 Å². The van der Waals surface area contributed by atoms with Gasteiger partial charge in [-0.2, -0.15) is 0 Å². The van der Waals surface area contributed by atoms with Gasteiger partial charge in [-0.3, -0.25) is 0 Å². The van der Waals surface area contributed by atoms with Crippen molar-refractivity contribution in [2.24, 2.45) is 5.84 Å². The Hall–Kier alpha value is -2.34. The molecule has 2 aromatic rings. The van der Waals surface area contributed by atoms with E-state index >= 15 is 0 Å². The molecule has 0 unspecified atom stereocenters. The monoisotopic (exact) mass is 287 g/mol. The molecule has 6 nitrogen and oxygen atoms in total. The van der Waals surface area contributed by atoms with Crippen LogP contribution in [-0.4, -0.2) is 21.6 Å². The van der Waals surface area contributed by atoms with Crippen LogP contribution >= 0.6 is 0 Å². The number of nitrogens with two attached hydrogens (primary N) is 1. The van der Waals surface area contributed by atoms with E-state index in [-0.39, 0.29) is 5.75 Å². The lowest BCUT2D eigenvalue weighted by Crippen LogP contribution is -2.13. The number of hydrogen-bond donors (Lipinski definition) is 4. The van der Waals surface area contributed by atoms with E-state index in [1.165, 1.54) is 0 Å². The van der Waals surface area contributed by atoms with Crippen molar-refractivity contribution < 1.29 is 5.11 Å². The van der Waals surface area contributed by atoms with Crippen LogP contribution in [0.3, 0.4) is 0 Å². The summed E-state index contributed by atoms with van der Waals surface area (Å²) in [5.41, 5.74) is 3.71. The van der Waals surface area contributed by atoms with Crippen LogP contribution in [-0.2, 0) is 12.8 Å². The molecule has 0 spiro atoms. The van der Waals surface area contributed by atoms with Crippen LogP contribution in [0, 0.1) is 0 Å². The van der Waals surface area contributed by atoms with E-state index in [9.17, 15) is 5.11 Å². The van der Waals surface area contributed by atoms with E-state index in [1.807, 2.05) is 12.1 Å². The Morgan fingerprint density at radius 2 is 1.81 bits per heavy atom. The first-order valence-corrected chi connectivity index (χ1v) is 7.07. The fourth-order valence-corrected chi connectivity index (χ4v) is 1.99. The lowest BCUT2D eigenvalue weighted by molar-refractivity contribution is 0.475. The van der Waals surface area contributed by atoms with E-state index in [0.717, 1.165) is 43.0 Å². The second-order valence-electron chi connectivity index (χ2n) is 4.79. The van der Waals surface area contributed by atoms with Gasteiger partial charge in [0.1, 0.15) is 23.2 Å². The summed E-state index contributed by atoms with van der Waals surface area (Å²) in [5, 5.41) is 12.5. The highest BCUT2D eigenvalue weighted by atomic mass is 16.3. The summed E-state index contributed by atoms with van der Waals surface area (Å²) in [7, 11) is 0. The van der Waals surface area contributed by atoms with Gasteiger partial charge in [0.15, 0.2) is 0 Å². The number of phenols is 1. The van der Waals surface area contributed by atoms with Crippen molar-refractivity contribution >= 4 is 11.6 Å². The molecule has 0 aliphatic carbocycles. The zero-order chi connectivity index (χ0) is 15.1. The van der Waals surface area contributed by atoms with Crippen LogP contribution in [0.2, 0.25) is 0 Å². The van der Waals surface area contributed by atoms with E-state index < -0.39 is 0 Å². The first-order chi connectivity index (χ1) is 10.2. The standard InChI is InChI=1S/C15H21N5O/c1-2-3-13-18-14(10-15(19-13)20-16)17-9-8-11-4-6-12(21)7-5-11/h4-7,10,21H,2-3,8-9,16H2,1H3,(H2,17,18,19,20). The molecule has 2 rings (SSSR count). The van der Waals surface area contributed by atoms with Gasteiger partial charge >= 0.3 is 0 Å². The van der Waals surface area contributed by atoms with E-state index in [0.29, 0.717) is 5.82 Å². The Labute approximate surface area is 124 Å². The molecule has 0 saturated carbocycles. The maximum absolute atomic E-state index is 9.25. The Morgan fingerprint density at radius 3 is 2.48 bits per heavy atom. The van der Waals surface area contributed by atoms with Crippen molar-refractivity contribution in [1.29, 1.82) is 0 Å². The van der Waals surface area contributed by atoms with Crippen molar-refractivity contribution in [3.05, 3.63) is 41.7 Å². The molecule has 0 fully saturated rings. The highest BCUT2D eigenvalue weighted by molar-refractivity contribution is 5.47. The number of aryl methyl sites for hydroxylation is 1. The lowest BCUT2D eigenvalue weighted by atomic mass is 10.1. The van der Waals surface area contributed by atoms with Gasteiger partial charge in [0.2, 0.25) is 0 Å². The summed E-state index contributed by atoms with van der Waals surface area (Å²) < 4.78 is 0. The summed E-state index contributed by atoms with van der Waals surface area (Å²) in [6.07, 6.45) is 2.65. The second kappa shape index (κ2) is 7.44. The second-order valence-corrected chi connectivity index (χ2v) is 4.79. The Kier molecular flexibility index (Phi) is 5.34. The number of rotatable bonds is 7. The summed E-state index contributed by atoms with van der Waals surface area (Å²) in [6, 6.07) is 8.99. The van der Waals surface area contributed by atoms with Crippen LogP contribution < -0.4 is 16.6 Å². The number of aromatic nitrogens is 2. The number of hydrogen-bond acceptors (Lipinski definition) is 6. The maximum Gasteiger partial charge on any atom is 0.145 e. The molecule has 112 valence electrons. The third-order valence-electron chi connectivity index (χ3n) is 3.05. The molecule has 6 heteroatoms. The Bertz CT molecular complexity index is 571. The van der Waals surface area contributed by atoms with Gasteiger partial charge < -0.3 is 15.8 Å². The Morgan fingerprint density at radius 1 is 1.10 bits per heavy atom. The number of aromatic hydroxyl groups is 1. The minimum atomic E-state index is 0.283. The van der Waals surface area contributed by atoms with Gasteiger partial charge in [0.25, 0.3) is 0 Å². The molecule has 0 saturated heterocycles. The highest BCUT2D eigenvalue weighted by Gasteiger charge is 2.03. The van der Waals surface area contributed by atoms with Crippen molar-refractivity contribution in [3.63, 3.8) is 0 Å². The molecule has 21 heavy (non-hydrogen) atoms. The molecule has 0 bridgehead atoms. The molecule has 0 amide bonds. The summed E-state index contributed by atoms with van der Waals surface area (Å²) in [5.74, 6) is 7.86. The van der Waals surface area contributed by atoms with Gasteiger partial charge in [-0.25, -0.2) is 15.8 Å². The Balaban J connectivity index is 1.95. The van der Waals surface area contributed by atoms with Crippen LogP contribution in [0.15, 0.2) is 30.3 Å². The topological polar surface area (TPSA) is 96.1 Å². The van der Waals surface area contributed by atoms with Crippen LogP contribution in [0.5, 0.6) is 5.75 Å². The number of hydrazine groups is 1. The van der Waals surface area contributed by atoms with Crippen molar-refractivity contribution in [2.75, 3.05) is 17.3 Å². The number of nitrogens with zero attached hydrogens (tertiary/aromatic N) is 2.